The molecule has 3 N–H and O–H groups in total. The third-order valence-electron chi connectivity index (χ3n) is 2.70. The number of nitrogens with one attached hydrogen (secondary N) is 2. The van der Waals surface area contributed by atoms with Crippen molar-refractivity contribution in [3.63, 3.8) is 0 Å². The molecular formula is C15H15N3O2. The Labute approximate surface area is 117 Å². The molecule has 0 radical (unpaired) electrons. The van der Waals surface area contributed by atoms with Gasteiger partial charge in [-0.2, -0.15) is 5.10 Å². The second-order valence-corrected chi connectivity index (χ2v) is 4.23. The van der Waals surface area contributed by atoms with E-state index in [1.165, 1.54) is 6.20 Å². The summed E-state index contributed by atoms with van der Waals surface area (Å²) in [5.74, 6) is 5.60. The summed E-state index contributed by atoms with van der Waals surface area (Å²) in [5, 5.41) is 17.8. The van der Waals surface area contributed by atoms with Gasteiger partial charge in [0.2, 0.25) is 0 Å². The predicted octanol–water partition coefficient (Wildman–Crippen LogP) is 1.70. The fourth-order valence-electron chi connectivity index (χ4n) is 1.63. The molecule has 0 spiro atoms. The number of rotatable bonds is 3. The van der Waals surface area contributed by atoms with Gasteiger partial charge in [0.1, 0.15) is 5.69 Å². The second-order valence-electron chi connectivity index (χ2n) is 4.23. The van der Waals surface area contributed by atoms with Crippen LogP contribution in [0.2, 0.25) is 0 Å². The number of aromatic amines is 1. The molecule has 2 rings (SSSR count). The molecule has 1 aromatic carbocycles. The van der Waals surface area contributed by atoms with E-state index in [0.717, 1.165) is 11.1 Å². The van der Waals surface area contributed by atoms with Crippen molar-refractivity contribution >= 4 is 11.6 Å². The molecule has 20 heavy (non-hydrogen) atoms. The normalized spacial score (nSPS) is 9.70. The van der Waals surface area contributed by atoms with Gasteiger partial charge in [-0.25, -0.2) is 0 Å². The van der Waals surface area contributed by atoms with Crippen LogP contribution in [0.5, 0.6) is 0 Å². The Morgan fingerprint density at radius 2 is 2.30 bits per heavy atom. The van der Waals surface area contributed by atoms with Crippen LogP contribution in [0.3, 0.4) is 0 Å². The lowest BCUT2D eigenvalue weighted by molar-refractivity contribution is 0.102. The van der Waals surface area contributed by atoms with E-state index in [4.69, 9.17) is 5.11 Å². The van der Waals surface area contributed by atoms with Gasteiger partial charge in [-0.05, 0) is 30.7 Å². The first-order chi connectivity index (χ1) is 9.70. The minimum absolute atomic E-state index is 0.0439. The predicted molar refractivity (Wildman–Crippen MR) is 76.3 cm³/mol. The topological polar surface area (TPSA) is 78.0 Å². The Bertz CT molecular complexity index is 651. The van der Waals surface area contributed by atoms with Crippen molar-refractivity contribution in [1.82, 2.24) is 10.2 Å². The van der Waals surface area contributed by atoms with Gasteiger partial charge in [-0.15, -0.1) is 0 Å². The number of nitrogens with zero attached hydrogens (tertiary/aromatic N) is 1. The van der Waals surface area contributed by atoms with E-state index in [2.05, 4.69) is 27.4 Å². The number of aromatic nitrogens is 2. The van der Waals surface area contributed by atoms with Gasteiger partial charge in [0.15, 0.2) is 0 Å². The van der Waals surface area contributed by atoms with Gasteiger partial charge in [0, 0.05) is 23.9 Å². The fourth-order valence-corrected chi connectivity index (χ4v) is 1.63. The molecule has 0 saturated heterocycles. The van der Waals surface area contributed by atoms with E-state index in [1.54, 1.807) is 6.07 Å². The maximum absolute atomic E-state index is 11.9. The molecule has 0 unspecified atom stereocenters. The highest BCUT2D eigenvalue weighted by molar-refractivity contribution is 6.02. The molecule has 0 aliphatic carbocycles. The highest BCUT2D eigenvalue weighted by Gasteiger charge is 2.07. The van der Waals surface area contributed by atoms with Crippen LogP contribution in [0.15, 0.2) is 30.5 Å². The van der Waals surface area contributed by atoms with Crippen LogP contribution >= 0.6 is 0 Å². The number of amides is 1. The summed E-state index contributed by atoms with van der Waals surface area (Å²) in [6, 6.07) is 7.13. The fraction of sp³-hybridized carbons (Fsp3) is 0.200. The van der Waals surface area contributed by atoms with Gasteiger partial charge >= 0.3 is 0 Å². The minimum atomic E-state index is -0.249. The number of hydrogen-bond donors (Lipinski definition) is 3. The Hall–Kier alpha value is -2.58. The number of aliphatic hydroxyl groups is 1. The minimum Gasteiger partial charge on any atom is -0.395 e. The van der Waals surface area contributed by atoms with Crippen LogP contribution in [0.4, 0.5) is 5.69 Å². The number of aryl methyl sites for hydroxylation is 1. The summed E-state index contributed by atoms with van der Waals surface area (Å²) in [5.41, 5.74) is 2.93. The van der Waals surface area contributed by atoms with E-state index >= 15 is 0 Å². The van der Waals surface area contributed by atoms with E-state index < -0.39 is 0 Å². The number of hydrogen-bond acceptors (Lipinski definition) is 3. The van der Waals surface area contributed by atoms with Crippen molar-refractivity contribution in [1.29, 1.82) is 0 Å². The van der Waals surface area contributed by atoms with Crippen molar-refractivity contribution < 1.29 is 9.90 Å². The van der Waals surface area contributed by atoms with Crippen LogP contribution < -0.4 is 5.32 Å². The molecule has 1 heterocycles. The number of anilines is 1. The summed E-state index contributed by atoms with van der Waals surface area (Å²) in [4.78, 5) is 11.9. The number of aliphatic hydroxyl groups excluding tert-OH is 1. The monoisotopic (exact) mass is 269 g/mol. The Balaban J connectivity index is 2.15. The largest absolute Gasteiger partial charge is 0.395 e. The van der Waals surface area contributed by atoms with Gasteiger partial charge in [0.25, 0.3) is 5.91 Å². The van der Waals surface area contributed by atoms with Crippen LogP contribution in [0.25, 0.3) is 0 Å². The number of H-pyrrole nitrogens is 1. The van der Waals surface area contributed by atoms with E-state index in [0.29, 0.717) is 17.8 Å². The Morgan fingerprint density at radius 1 is 1.45 bits per heavy atom. The third-order valence-corrected chi connectivity index (χ3v) is 2.70. The Kier molecular flexibility index (Phi) is 4.53. The Morgan fingerprint density at radius 3 is 3.00 bits per heavy atom. The zero-order chi connectivity index (χ0) is 14.4. The smallest absolute Gasteiger partial charge is 0.273 e. The molecule has 2 aromatic rings. The molecule has 5 heteroatoms. The SMILES string of the molecule is Cc1ccc(NC(=O)c2ccn[nH]2)cc1C#CCCO. The highest BCUT2D eigenvalue weighted by atomic mass is 16.2. The molecule has 0 aliphatic heterocycles. The first-order valence-corrected chi connectivity index (χ1v) is 6.22. The standard InChI is InChI=1S/C15H15N3O2/c1-11-5-6-13(10-12(11)4-2-3-9-19)17-15(20)14-7-8-16-18-14/h5-8,10,19H,3,9H2,1H3,(H,16,18)(H,17,20). The first-order valence-electron chi connectivity index (χ1n) is 6.22. The van der Waals surface area contributed by atoms with Crippen molar-refractivity contribution in [2.75, 3.05) is 11.9 Å². The molecule has 0 saturated carbocycles. The molecule has 0 bridgehead atoms. The maximum atomic E-state index is 11.9. The lowest BCUT2D eigenvalue weighted by Gasteiger charge is -2.06. The molecule has 0 atom stereocenters. The van der Waals surface area contributed by atoms with Crippen LogP contribution in [-0.2, 0) is 0 Å². The second kappa shape index (κ2) is 6.55. The summed E-state index contributed by atoms with van der Waals surface area (Å²) in [7, 11) is 0. The van der Waals surface area contributed by atoms with Gasteiger partial charge in [-0.3, -0.25) is 9.89 Å². The quantitative estimate of drug-likeness (QED) is 0.742. The average molecular weight is 269 g/mol. The first kappa shape index (κ1) is 13.8. The van der Waals surface area contributed by atoms with Gasteiger partial charge in [-0.1, -0.05) is 17.9 Å². The number of benzene rings is 1. The number of carbonyl (C=O) groups is 1. The highest BCUT2D eigenvalue weighted by Crippen LogP contribution is 2.15. The molecular weight excluding hydrogens is 254 g/mol. The summed E-state index contributed by atoms with van der Waals surface area (Å²) in [6.45, 7) is 1.99. The summed E-state index contributed by atoms with van der Waals surface area (Å²) in [6.07, 6.45) is 1.96. The molecule has 1 amide bonds. The van der Waals surface area contributed by atoms with Gasteiger partial charge in [0.05, 0.1) is 6.61 Å². The molecule has 0 fully saturated rings. The van der Waals surface area contributed by atoms with Crippen molar-refractivity contribution in [2.45, 2.75) is 13.3 Å². The lowest BCUT2D eigenvalue weighted by Crippen LogP contribution is -2.12. The molecule has 5 nitrogen and oxygen atoms in total. The molecule has 102 valence electrons. The van der Waals surface area contributed by atoms with E-state index in [1.807, 2.05) is 25.1 Å². The average Bonchev–Trinajstić information content (AvgIpc) is 2.96. The van der Waals surface area contributed by atoms with Crippen molar-refractivity contribution in [3.05, 3.63) is 47.3 Å². The van der Waals surface area contributed by atoms with Crippen molar-refractivity contribution in [2.24, 2.45) is 0 Å². The number of carbonyl (C=O) groups excluding carboxylic acids is 1. The van der Waals surface area contributed by atoms with E-state index in [-0.39, 0.29) is 12.5 Å². The zero-order valence-electron chi connectivity index (χ0n) is 11.1. The zero-order valence-corrected chi connectivity index (χ0v) is 11.1. The van der Waals surface area contributed by atoms with Crippen LogP contribution in [-0.4, -0.2) is 27.8 Å². The summed E-state index contributed by atoms with van der Waals surface area (Å²) >= 11 is 0. The van der Waals surface area contributed by atoms with Crippen molar-refractivity contribution in [3.8, 4) is 11.8 Å². The third kappa shape index (κ3) is 3.46. The van der Waals surface area contributed by atoms with Crippen LogP contribution in [0, 0.1) is 18.8 Å². The lowest BCUT2D eigenvalue weighted by atomic mass is 10.1. The summed E-state index contributed by atoms with van der Waals surface area (Å²) < 4.78 is 0. The molecule has 0 aliphatic rings. The van der Waals surface area contributed by atoms with Gasteiger partial charge < -0.3 is 10.4 Å². The van der Waals surface area contributed by atoms with E-state index in [9.17, 15) is 4.79 Å². The molecule has 1 aromatic heterocycles. The van der Waals surface area contributed by atoms with Crippen LogP contribution in [0.1, 0.15) is 28.0 Å². The maximum Gasteiger partial charge on any atom is 0.273 e.